The number of pyridine rings is 1. The summed E-state index contributed by atoms with van der Waals surface area (Å²) in [6.07, 6.45) is 1.84. The number of aryl methyl sites for hydroxylation is 1. The summed E-state index contributed by atoms with van der Waals surface area (Å²) in [5.41, 5.74) is 7.60. The second kappa shape index (κ2) is 10.4. The van der Waals surface area contributed by atoms with E-state index in [1.807, 2.05) is 36.5 Å². The number of ether oxygens (including phenoxy) is 1. The van der Waals surface area contributed by atoms with Crippen molar-refractivity contribution in [1.29, 1.82) is 0 Å². The first-order valence-electron chi connectivity index (χ1n) is 12.9. The largest absolute Gasteiger partial charge is 0.378 e. The fraction of sp³-hybridized carbons (Fsp3) is 0.267. The molecule has 4 aromatic rings. The summed E-state index contributed by atoms with van der Waals surface area (Å²) in [4.78, 5) is 9.30. The molecular formula is C30H30ClN5OS. The number of halogens is 1. The van der Waals surface area contributed by atoms with E-state index in [-0.39, 0.29) is 12.1 Å². The second-order valence-electron chi connectivity index (χ2n) is 9.73. The highest BCUT2D eigenvalue weighted by Crippen LogP contribution is 2.44. The molecule has 0 bridgehead atoms. The van der Waals surface area contributed by atoms with Crippen LogP contribution in [-0.2, 0) is 4.74 Å². The quantitative estimate of drug-likeness (QED) is 0.304. The van der Waals surface area contributed by atoms with E-state index in [0.717, 1.165) is 59.8 Å². The molecule has 2 saturated heterocycles. The molecule has 8 heteroatoms. The van der Waals surface area contributed by atoms with Crippen LogP contribution in [0.4, 0.5) is 11.4 Å². The van der Waals surface area contributed by atoms with E-state index in [1.54, 1.807) is 0 Å². The third-order valence-electron chi connectivity index (χ3n) is 7.48. The van der Waals surface area contributed by atoms with Crippen molar-refractivity contribution in [2.75, 3.05) is 36.1 Å². The first-order valence-corrected chi connectivity index (χ1v) is 13.7. The molecule has 0 saturated carbocycles. The normalized spacial score (nSPS) is 19.6. The van der Waals surface area contributed by atoms with Crippen molar-refractivity contribution < 1.29 is 4.74 Å². The maximum absolute atomic E-state index is 6.64. The Kier molecular flexibility index (Phi) is 6.82. The molecule has 2 aliphatic heterocycles. The summed E-state index contributed by atoms with van der Waals surface area (Å²) >= 11 is 12.6. The number of anilines is 2. The Morgan fingerprint density at radius 1 is 0.947 bits per heavy atom. The highest BCUT2D eigenvalue weighted by Gasteiger charge is 2.42. The topological polar surface area (TPSA) is 45.6 Å². The summed E-state index contributed by atoms with van der Waals surface area (Å²) in [6.45, 7) is 7.61. The zero-order valence-electron chi connectivity index (χ0n) is 21.5. The van der Waals surface area contributed by atoms with Crippen molar-refractivity contribution in [3.8, 4) is 5.69 Å². The molecule has 1 N–H and O–H groups in total. The van der Waals surface area contributed by atoms with Gasteiger partial charge in [-0.1, -0.05) is 29.8 Å². The van der Waals surface area contributed by atoms with Gasteiger partial charge in [-0.05, 0) is 86.2 Å². The Morgan fingerprint density at radius 2 is 1.66 bits per heavy atom. The average molecular weight is 544 g/mol. The number of hydrogen-bond donors (Lipinski definition) is 1. The Balaban J connectivity index is 1.44. The van der Waals surface area contributed by atoms with Crippen molar-refractivity contribution in [2.24, 2.45) is 0 Å². The van der Waals surface area contributed by atoms with Crippen LogP contribution in [0.2, 0.25) is 5.02 Å². The highest BCUT2D eigenvalue weighted by molar-refractivity contribution is 7.80. The predicted octanol–water partition coefficient (Wildman–Crippen LogP) is 6.16. The van der Waals surface area contributed by atoms with Crippen LogP contribution in [0.5, 0.6) is 0 Å². The van der Waals surface area contributed by atoms with Gasteiger partial charge >= 0.3 is 0 Å². The summed E-state index contributed by atoms with van der Waals surface area (Å²) in [6, 6.07) is 24.7. The molecule has 2 fully saturated rings. The Morgan fingerprint density at radius 3 is 2.37 bits per heavy atom. The Bertz CT molecular complexity index is 1450. The number of rotatable bonds is 5. The smallest absolute Gasteiger partial charge is 0.174 e. The first kappa shape index (κ1) is 24.9. The van der Waals surface area contributed by atoms with Crippen LogP contribution in [0.15, 0.2) is 79.0 Å². The Labute approximate surface area is 233 Å². The molecule has 6 nitrogen and oxygen atoms in total. The highest BCUT2D eigenvalue weighted by atomic mass is 35.5. The van der Waals surface area contributed by atoms with E-state index in [4.69, 9.17) is 33.5 Å². The molecule has 0 amide bonds. The lowest BCUT2D eigenvalue weighted by Crippen LogP contribution is -2.36. The van der Waals surface area contributed by atoms with Gasteiger partial charge in [0.05, 0.1) is 41.7 Å². The lowest BCUT2D eigenvalue weighted by molar-refractivity contribution is 0.122. The van der Waals surface area contributed by atoms with Gasteiger partial charge in [0.25, 0.3) is 0 Å². The molecular weight excluding hydrogens is 514 g/mol. The zero-order chi connectivity index (χ0) is 26.2. The molecule has 2 aliphatic rings. The molecule has 38 heavy (non-hydrogen) atoms. The fourth-order valence-electron chi connectivity index (χ4n) is 5.69. The summed E-state index contributed by atoms with van der Waals surface area (Å²) in [7, 11) is 0. The molecule has 0 spiro atoms. The van der Waals surface area contributed by atoms with E-state index in [0.29, 0.717) is 5.11 Å². The van der Waals surface area contributed by atoms with Crippen molar-refractivity contribution in [1.82, 2.24) is 14.9 Å². The lowest BCUT2D eigenvalue weighted by atomic mass is 9.96. The minimum atomic E-state index is -0.109. The van der Waals surface area contributed by atoms with E-state index < -0.39 is 0 Å². The fourth-order valence-corrected chi connectivity index (χ4v) is 6.25. The molecule has 0 aliphatic carbocycles. The lowest BCUT2D eigenvalue weighted by Gasteiger charge is -2.31. The number of aromatic nitrogens is 2. The van der Waals surface area contributed by atoms with Gasteiger partial charge in [0.1, 0.15) is 0 Å². The molecule has 0 radical (unpaired) electrons. The maximum atomic E-state index is 6.64. The summed E-state index contributed by atoms with van der Waals surface area (Å²) in [5.74, 6) is 0. The average Bonchev–Trinajstić information content (AvgIpc) is 3.45. The van der Waals surface area contributed by atoms with E-state index in [1.165, 1.54) is 11.3 Å². The van der Waals surface area contributed by atoms with Crippen LogP contribution in [-0.4, -0.2) is 41.0 Å². The number of benzene rings is 2. The molecule has 2 aromatic carbocycles. The van der Waals surface area contributed by atoms with E-state index >= 15 is 0 Å². The van der Waals surface area contributed by atoms with Gasteiger partial charge in [0.15, 0.2) is 5.11 Å². The Hall–Kier alpha value is -3.39. The molecule has 2 atom stereocenters. The van der Waals surface area contributed by atoms with Gasteiger partial charge in [0.2, 0.25) is 0 Å². The SMILES string of the molecule is Cc1cc([C@H]2[C@@H](c3ccccn3)NC(=S)N2c2ccc(N3CCOCC3)cc2)c(C)n1-c1ccccc1Cl. The number of nitrogens with one attached hydrogen (secondary N) is 1. The van der Waals surface area contributed by atoms with Gasteiger partial charge < -0.3 is 24.4 Å². The van der Waals surface area contributed by atoms with Crippen molar-refractivity contribution in [2.45, 2.75) is 25.9 Å². The third kappa shape index (κ3) is 4.45. The first-order chi connectivity index (χ1) is 18.5. The number of para-hydroxylation sites is 1. The van der Waals surface area contributed by atoms with Gasteiger partial charge in [-0.15, -0.1) is 0 Å². The van der Waals surface area contributed by atoms with Crippen molar-refractivity contribution in [3.63, 3.8) is 0 Å². The molecule has 4 heterocycles. The number of nitrogens with zero attached hydrogens (tertiary/aromatic N) is 4. The standard InChI is InChI=1S/C30H30ClN5OS/c1-20-19-24(21(2)35(20)27-9-4-3-7-25(27)31)29-28(26-8-5-6-14-32-26)33-30(38)36(29)23-12-10-22(11-13-23)34-15-17-37-18-16-34/h3-14,19,28-29H,15-18H2,1-2H3,(H,33,38)/t28-,29+/m1/s1. The minimum Gasteiger partial charge on any atom is -0.378 e. The van der Waals surface area contributed by atoms with Gasteiger partial charge in [-0.25, -0.2) is 0 Å². The van der Waals surface area contributed by atoms with Crippen LogP contribution in [0.25, 0.3) is 5.69 Å². The molecule has 2 aromatic heterocycles. The number of hydrogen-bond acceptors (Lipinski definition) is 4. The second-order valence-corrected chi connectivity index (χ2v) is 10.5. The molecule has 6 rings (SSSR count). The van der Waals surface area contributed by atoms with Gasteiger partial charge in [-0.2, -0.15) is 0 Å². The summed E-state index contributed by atoms with van der Waals surface area (Å²) < 4.78 is 7.76. The number of thiocarbonyl (C=S) groups is 1. The van der Waals surface area contributed by atoms with Gasteiger partial charge in [-0.3, -0.25) is 4.98 Å². The monoisotopic (exact) mass is 543 g/mol. The third-order valence-corrected chi connectivity index (χ3v) is 8.12. The zero-order valence-corrected chi connectivity index (χ0v) is 23.0. The van der Waals surface area contributed by atoms with Crippen molar-refractivity contribution >= 4 is 40.3 Å². The molecule has 0 unspecified atom stereocenters. The van der Waals surface area contributed by atoms with E-state index in [9.17, 15) is 0 Å². The maximum Gasteiger partial charge on any atom is 0.174 e. The predicted molar refractivity (Wildman–Crippen MR) is 158 cm³/mol. The minimum absolute atomic E-state index is 0.0888. The van der Waals surface area contributed by atoms with Crippen LogP contribution in [0, 0.1) is 13.8 Å². The molecule has 194 valence electrons. The van der Waals surface area contributed by atoms with Crippen molar-refractivity contribution in [3.05, 3.63) is 107 Å². The van der Waals surface area contributed by atoms with E-state index in [2.05, 4.69) is 76.0 Å². The van der Waals surface area contributed by atoms with Crippen LogP contribution in [0.3, 0.4) is 0 Å². The van der Waals surface area contributed by atoms with Gasteiger partial charge in [0, 0.05) is 42.0 Å². The number of morpholine rings is 1. The van der Waals surface area contributed by atoms with Crippen LogP contribution in [0.1, 0.15) is 34.7 Å². The summed E-state index contributed by atoms with van der Waals surface area (Å²) in [5, 5.41) is 4.99. The van der Waals surface area contributed by atoms with Crippen LogP contribution < -0.4 is 15.1 Å². The van der Waals surface area contributed by atoms with Crippen LogP contribution >= 0.6 is 23.8 Å².